The standard InChI is InChI=1S/C23H25N3O3/c1-16(2)25(20-8-6-5-7-9-20)22(27)15-29-23(28)19-10-12-21(13-11-19)26-18(4)14-17(3)24-26/h5-14,16H,15H2,1-4H3. The molecule has 150 valence electrons. The summed E-state index contributed by atoms with van der Waals surface area (Å²) in [6.45, 7) is 7.43. The van der Waals surface area contributed by atoms with Crippen molar-refractivity contribution in [3.63, 3.8) is 0 Å². The molecule has 6 nitrogen and oxygen atoms in total. The van der Waals surface area contributed by atoms with Crippen LogP contribution >= 0.6 is 0 Å². The Hall–Kier alpha value is -3.41. The van der Waals surface area contributed by atoms with Crippen LogP contribution in [0.25, 0.3) is 5.69 Å². The Labute approximate surface area is 170 Å². The van der Waals surface area contributed by atoms with E-state index in [2.05, 4.69) is 5.10 Å². The second-order valence-corrected chi connectivity index (χ2v) is 7.15. The lowest BCUT2D eigenvalue weighted by molar-refractivity contribution is -0.122. The van der Waals surface area contributed by atoms with Gasteiger partial charge >= 0.3 is 5.97 Å². The third kappa shape index (κ3) is 4.71. The van der Waals surface area contributed by atoms with Crippen LogP contribution in [0.5, 0.6) is 0 Å². The van der Waals surface area contributed by atoms with Crippen LogP contribution in [0, 0.1) is 13.8 Å². The summed E-state index contributed by atoms with van der Waals surface area (Å²) in [5.41, 5.74) is 3.96. The summed E-state index contributed by atoms with van der Waals surface area (Å²) in [5, 5.41) is 4.43. The van der Waals surface area contributed by atoms with E-state index in [0.29, 0.717) is 5.56 Å². The molecule has 2 aromatic carbocycles. The third-order valence-electron chi connectivity index (χ3n) is 4.50. The summed E-state index contributed by atoms with van der Waals surface area (Å²) in [7, 11) is 0. The Morgan fingerprint density at radius 2 is 1.69 bits per heavy atom. The minimum atomic E-state index is -0.532. The van der Waals surface area contributed by atoms with E-state index in [4.69, 9.17) is 4.74 Å². The van der Waals surface area contributed by atoms with E-state index in [9.17, 15) is 9.59 Å². The van der Waals surface area contributed by atoms with Gasteiger partial charge in [-0.25, -0.2) is 9.48 Å². The molecule has 0 atom stereocenters. The number of rotatable bonds is 6. The Balaban J connectivity index is 1.65. The zero-order chi connectivity index (χ0) is 21.0. The highest BCUT2D eigenvalue weighted by molar-refractivity contribution is 5.97. The Morgan fingerprint density at radius 1 is 1.03 bits per heavy atom. The zero-order valence-corrected chi connectivity index (χ0v) is 17.1. The highest BCUT2D eigenvalue weighted by Crippen LogP contribution is 2.17. The molecular formula is C23H25N3O3. The molecule has 0 bridgehead atoms. The summed E-state index contributed by atoms with van der Waals surface area (Å²) < 4.78 is 7.08. The minimum Gasteiger partial charge on any atom is -0.452 e. The Kier molecular flexibility index (Phi) is 6.12. The number of nitrogens with zero attached hydrogens (tertiary/aromatic N) is 3. The molecule has 0 aliphatic heterocycles. The first-order valence-electron chi connectivity index (χ1n) is 9.54. The molecule has 3 aromatic rings. The van der Waals surface area contributed by atoms with E-state index in [1.165, 1.54) is 0 Å². The monoisotopic (exact) mass is 391 g/mol. The first kappa shape index (κ1) is 20.3. The van der Waals surface area contributed by atoms with Gasteiger partial charge in [0.1, 0.15) is 0 Å². The van der Waals surface area contributed by atoms with E-state index in [1.54, 1.807) is 17.0 Å². The number of hydrogen-bond donors (Lipinski definition) is 0. The van der Waals surface area contributed by atoms with Gasteiger partial charge in [0.25, 0.3) is 5.91 Å². The van der Waals surface area contributed by atoms with E-state index >= 15 is 0 Å². The summed E-state index contributed by atoms with van der Waals surface area (Å²) in [6, 6.07) is 18.3. The number of amides is 1. The van der Waals surface area contributed by atoms with Gasteiger partial charge in [0, 0.05) is 17.4 Å². The number of ether oxygens (including phenoxy) is 1. The van der Waals surface area contributed by atoms with Crippen LogP contribution in [0.2, 0.25) is 0 Å². The lowest BCUT2D eigenvalue weighted by Gasteiger charge is -2.26. The SMILES string of the molecule is Cc1cc(C)n(-c2ccc(C(=O)OCC(=O)N(c3ccccc3)C(C)C)cc2)n1. The van der Waals surface area contributed by atoms with Gasteiger partial charge in [-0.2, -0.15) is 5.10 Å². The molecule has 0 aliphatic rings. The van der Waals surface area contributed by atoms with Crippen molar-refractivity contribution >= 4 is 17.6 Å². The molecule has 0 aliphatic carbocycles. The van der Waals surface area contributed by atoms with Crippen molar-refractivity contribution in [3.05, 3.63) is 77.6 Å². The average molecular weight is 391 g/mol. The quantitative estimate of drug-likeness (QED) is 0.594. The third-order valence-corrected chi connectivity index (χ3v) is 4.50. The summed E-state index contributed by atoms with van der Waals surface area (Å²) in [5.74, 6) is -0.797. The van der Waals surface area contributed by atoms with Crippen molar-refractivity contribution in [1.29, 1.82) is 0 Å². The molecule has 6 heteroatoms. The molecule has 0 spiro atoms. The van der Waals surface area contributed by atoms with Crippen LogP contribution < -0.4 is 4.90 Å². The number of carbonyl (C=O) groups is 2. The first-order valence-corrected chi connectivity index (χ1v) is 9.54. The van der Waals surface area contributed by atoms with Crippen LogP contribution in [-0.4, -0.2) is 34.3 Å². The van der Waals surface area contributed by atoms with Gasteiger partial charge in [0.2, 0.25) is 0 Å². The molecule has 0 saturated heterocycles. The van der Waals surface area contributed by atoms with Crippen molar-refractivity contribution in [2.45, 2.75) is 33.7 Å². The summed E-state index contributed by atoms with van der Waals surface area (Å²) in [6.07, 6.45) is 0. The van der Waals surface area contributed by atoms with Gasteiger partial charge < -0.3 is 9.64 Å². The first-order chi connectivity index (χ1) is 13.9. The van der Waals surface area contributed by atoms with Gasteiger partial charge in [0.05, 0.1) is 16.9 Å². The summed E-state index contributed by atoms with van der Waals surface area (Å²) >= 11 is 0. The predicted octanol–water partition coefficient (Wildman–Crippen LogP) is 4.09. The number of benzene rings is 2. The smallest absolute Gasteiger partial charge is 0.338 e. The molecule has 1 amide bonds. The van der Waals surface area contributed by atoms with Crippen LogP contribution in [-0.2, 0) is 9.53 Å². The van der Waals surface area contributed by atoms with Crippen molar-refractivity contribution in [1.82, 2.24) is 9.78 Å². The molecule has 0 fully saturated rings. The maximum Gasteiger partial charge on any atom is 0.338 e. The van der Waals surface area contributed by atoms with Crippen molar-refractivity contribution in [2.24, 2.45) is 0 Å². The molecule has 0 saturated carbocycles. The van der Waals surface area contributed by atoms with E-state index in [1.807, 2.05) is 80.9 Å². The van der Waals surface area contributed by atoms with Gasteiger partial charge in [-0.05, 0) is 70.2 Å². The maximum absolute atomic E-state index is 12.6. The van der Waals surface area contributed by atoms with Crippen LogP contribution in [0.4, 0.5) is 5.69 Å². The van der Waals surface area contributed by atoms with Gasteiger partial charge in [0.15, 0.2) is 6.61 Å². The molecule has 1 heterocycles. The van der Waals surface area contributed by atoms with Crippen molar-refractivity contribution < 1.29 is 14.3 Å². The molecule has 29 heavy (non-hydrogen) atoms. The molecule has 0 N–H and O–H groups in total. The fourth-order valence-corrected chi connectivity index (χ4v) is 3.23. The van der Waals surface area contributed by atoms with Gasteiger partial charge in [-0.3, -0.25) is 4.79 Å². The molecular weight excluding hydrogens is 366 g/mol. The normalized spacial score (nSPS) is 10.8. The van der Waals surface area contributed by atoms with Crippen LogP contribution in [0.1, 0.15) is 35.6 Å². The highest BCUT2D eigenvalue weighted by Gasteiger charge is 2.20. The van der Waals surface area contributed by atoms with E-state index in [0.717, 1.165) is 22.8 Å². The number of hydrogen-bond acceptors (Lipinski definition) is 4. The molecule has 0 radical (unpaired) electrons. The number of aryl methyl sites for hydroxylation is 2. The van der Waals surface area contributed by atoms with Crippen molar-refractivity contribution in [3.8, 4) is 5.69 Å². The fourth-order valence-electron chi connectivity index (χ4n) is 3.23. The number of anilines is 1. The molecule has 3 rings (SSSR count). The van der Waals surface area contributed by atoms with Crippen LogP contribution in [0.15, 0.2) is 60.7 Å². The minimum absolute atomic E-state index is 0.0522. The van der Waals surface area contributed by atoms with Crippen LogP contribution in [0.3, 0.4) is 0 Å². The van der Waals surface area contributed by atoms with Crippen molar-refractivity contribution in [2.75, 3.05) is 11.5 Å². The number of esters is 1. The largest absolute Gasteiger partial charge is 0.452 e. The second-order valence-electron chi connectivity index (χ2n) is 7.15. The van der Waals surface area contributed by atoms with Gasteiger partial charge in [-0.1, -0.05) is 18.2 Å². The van der Waals surface area contributed by atoms with Gasteiger partial charge in [-0.15, -0.1) is 0 Å². The lowest BCUT2D eigenvalue weighted by atomic mass is 10.2. The Morgan fingerprint density at radius 3 is 2.24 bits per heavy atom. The topological polar surface area (TPSA) is 64.4 Å². The second kappa shape index (κ2) is 8.73. The zero-order valence-electron chi connectivity index (χ0n) is 17.1. The average Bonchev–Trinajstić information content (AvgIpc) is 3.05. The summed E-state index contributed by atoms with van der Waals surface area (Å²) in [4.78, 5) is 26.6. The van der Waals surface area contributed by atoms with E-state index < -0.39 is 5.97 Å². The molecule has 0 unspecified atom stereocenters. The fraction of sp³-hybridized carbons (Fsp3) is 0.261. The molecule has 1 aromatic heterocycles. The number of aromatic nitrogens is 2. The lowest BCUT2D eigenvalue weighted by Crippen LogP contribution is -2.39. The maximum atomic E-state index is 12.6. The Bertz CT molecular complexity index is 992. The highest BCUT2D eigenvalue weighted by atomic mass is 16.5. The number of carbonyl (C=O) groups excluding carboxylic acids is 2. The predicted molar refractivity (Wildman–Crippen MR) is 112 cm³/mol. The number of para-hydroxylation sites is 1. The van der Waals surface area contributed by atoms with E-state index in [-0.39, 0.29) is 18.6 Å².